The second kappa shape index (κ2) is 4.85. The molecule has 0 N–H and O–H groups in total. The van der Waals surface area contributed by atoms with Crippen LogP contribution in [0.4, 0.5) is 0 Å². The van der Waals surface area contributed by atoms with Gasteiger partial charge in [0, 0.05) is 21.2 Å². The molecule has 0 fully saturated rings. The Bertz CT molecular complexity index is 280. The molecule has 1 nitrogen and oxygen atoms in total. The van der Waals surface area contributed by atoms with Crippen LogP contribution in [-0.2, 0) is 0 Å². The molecule has 0 spiro atoms. The van der Waals surface area contributed by atoms with Crippen LogP contribution in [0.2, 0.25) is 0 Å². The zero-order valence-corrected chi connectivity index (χ0v) is 8.84. The summed E-state index contributed by atoms with van der Waals surface area (Å²) < 4.78 is 5.11. The normalized spacial score (nSPS) is 12.1. The van der Waals surface area contributed by atoms with Gasteiger partial charge in [-0.2, -0.15) is 0 Å². The molecule has 1 aromatic rings. The van der Waals surface area contributed by atoms with Gasteiger partial charge in [-0.25, -0.2) is 0 Å². The molecule has 0 aliphatic heterocycles. The molecule has 0 atom stereocenters. The van der Waals surface area contributed by atoms with Crippen molar-refractivity contribution in [2.45, 2.75) is 11.8 Å². The number of hydrogen-bond donors (Lipinski definition) is 0. The van der Waals surface area contributed by atoms with Gasteiger partial charge >= 0.3 is 0 Å². The third-order valence-electron chi connectivity index (χ3n) is 1.30. The number of thioether (sulfide) groups is 1. The van der Waals surface area contributed by atoms with Crippen molar-refractivity contribution < 1.29 is 4.42 Å². The van der Waals surface area contributed by atoms with E-state index < -0.39 is 0 Å². The van der Waals surface area contributed by atoms with Crippen LogP contribution in [0.5, 0.6) is 0 Å². The number of aryl methyl sites for hydroxylation is 1. The van der Waals surface area contributed by atoms with Gasteiger partial charge in [0.1, 0.15) is 5.76 Å². The van der Waals surface area contributed by atoms with Crippen molar-refractivity contribution in [2.75, 3.05) is 5.75 Å². The largest absolute Gasteiger partial charge is 0.468 e. The highest BCUT2D eigenvalue weighted by Gasteiger charge is 2.01. The van der Waals surface area contributed by atoms with E-state index in [4.69, 9.17) is 27.6 Å². The van der Waals surface area contributed by atoms with E-state index in [0.29, 0.717) is 10.8 Å². The smallest absolute Gasteiger partial charge is 0.114 e. The van der Waals surface area contributed by atoms with Gasteiger partial charge in [0.2, 0.25) is 0 Å². The Labute approximate surface area is 85.7 Å². The second-order valence-corrected chi connectivity index (χ2v) is 3.91. The average Bonchev–Trinajstić information content (AvgIpc) is 2.47. The summed E-state index contributed by atoms with van der Waals surface area (Å²) in [5.41, 5.74) is 1.38. The molecule has 0 aromatic carbocycles. The Balaban J connectivity index is 2.49. The lowest BCUT2D eigenvalue weighted by molar-refractivity contribution is 0.527. The maximum absolute atomic E-state index is 5.71. The van der Waals surface area contributed by atoms with E-state index >= 15 is 0 Å². The SMILES string of the molecule is Cc1occc1SC/C(Cl)=C/Cl. The Hall–Kier alpha value is -0.0500. The first kappa shape index (κ1) is 10.0. The Morgan fingerprint density at radius 3 is 3.00 bits per heavy atom. The van der Waals surface area contributed by atoms with Crippen molar-refractivity contribution in [3.8, 4) is 0 Å². The zero-order valence-electron chi connectivity index (χ0n) is 6.51. The molecule has 0 saturated heterocycles. The maximum atomic E-state index is 5.71. The van der Waals surface area contributed by atoms with E-state index in [0.717, 1.165) is 10.7 Å². The van der Waals surface area contributed by atoms with E-state index in [1.807, 2.05) is 13.0 Å². The lowest BCUT2D eigenvalue weighted by atomic mass is 10.5. The van der Waals surface area contributed by atoms with Crippen LogP contribution in [0, 0.1) is 6.92 Å². The van der Waals surface area contributed by atoms with Crippen molar-refractivity contribution in [3.05, 3.63) is 28.7 Å². The number of hydrogen-bond acceptors (Lipinski definition) is 2. The topological polar surface area (TPSA) is 13.1 Å². The summed E-state index contributed by atoms with van der Waals surface area (Å²) in [4.78, 5) is 1.10. The lowest BCUT2D eigenvalue weighted by Gasteiger charge is -1.96. The molecular formula is C8H8Cl2OS. The molecule has 66 valence electrons. The highest BCUT2D eigenvalue weighted by molar-refractivity contribution is 7.99. The van der Waals surface area contributed by atoms with Crippen molar-refractivity contribution >= 4 is 35.0 Å². The minimum absolute atomic E-state index is 0.641. The zero-order chi connectivity index (χ0) is 8.97. The van der Waals surface area contributed by atoms with Crippen LogP contribution in [0.3, 0.4) is 0 Å². The molecule has 12 heavy (non-hydrogen) atoms. The quantitative estimate of drug-likeness (QED) is 0.718. The summed E-state index contributed by atoms with van der Waals surface area (Å²) in [5, 5.41) is 0.641. The fraction of sp³-hybridized carbons (Fsp3) is 0.250. The van der Waals surface area contributed by atoms with Gasteiger partial charge in [-0.15, -0.1) is 11.8 Å². The van der Waals surface area contributed by atoms with Gasteiger partial charge in [-0.05, 0) is 13.0 Å². The molecule has 0 aliphatic carbocycles. The molecule has 0 aliphatic rings. The molecular weight excluding hydrogens is 215 g/mol. The summed E-state index contributed by atoms with van der Waals surface area (Å²) in [5.74, 6) is 1.60. The minimum atomic E-state index is 0.641. The number of halogens is 2. The van der Waals surface area contributed by atoms with Crippen LogP contribution in [0.25, 0.3) is 0 Å². The first-order valence-corrected chi connectivity index (χ1v) is 5.15. The van der Waals surface area contributed by atoms with Crippen LogP contribution in [0.1, 0.15) is 5.76 Å². The lowest BCUT2D eigenvalue weighted by Crippen LogP contribution is -1.77. The monoisotopic (exact) mass is 222 g/mol. The van der Waals surface area contributed by atoms with E-state index in [1.165, 1.54) is 5.54 Å². The van der Waals surface area contributed by atoms with E-state index in [2.05, 4.69) is 0 Å². The van der Waals surface area contributed by atoms with Crippen molar-refractivity contribution in [1.29, 1.82) is 0 Å². The third-order valence-corrected chi connectivity index (χ3v) is 3.26. The predicted octanol–water partition coefficient (Wildman–Crippen LogP) is 4.00. The van der Waals surface area contributed by atoms with Crippen molar-refractivity contribution in [1.82, 2.24) is 0 Å². The van der Waals surface area contributed by atoms with Gasteiger partial charge < -0.3 is 4.42 Å². The number of furan rings is 1. The van der Waals surface area contributed by atoms with Gasteiger partial charge in [0.15, 0.2) is 0 Å². The highest BCUT2D eigenvalue weighted by atomic mass is 35.5. The average molecular weight is 223 g/mol. The standard InChI is InChI=1S/C8H8Cl2OS/c1-6-8(2-3-11-6)12-5-7(10)4-9/h2-4H,5H2,1H3/b7-4-. The molecule has 4 heteroatoms. The van der Waals surface area contributed by atoms with E-state index in [1.54, 1.807) is 18.0 Å². The summed E-state index contributed by atoms with van der Waals surface area (Å²) in [7, 11) is 0. The molecule has 1 rings (SSSR count). The molecule has 0 radical (unpaired) electrons. The van der Waals surface area contributed by atoms with Crippen LogP contribution in [-0.4, -0.2) is 5.75 Å². The van der Waals surface area contributed by atoms with Crippen molar-refractivity contribution in [3.63, 3.8) is 0 Å². The Kier molecular flexibility index (Phi) is 4.06. The molecule has 1 heterocycles. The van der Waals surface area contributed by atoms with Crippen molar-refractivity contribution in [2.24, 2.45) is 0 Å². The molecule has 1 aromatic heterocycles. The fourth-order valence-corrected chi connectivity index (χ4v) is 1.81. The van der Waals surface area contributed by atoms with Crippen LogP contribution >= 0.6 is 35.0 Å². The number of rotatable bonds is 3. The van der Waals surface area contributed by atoms with Crippen LogP contribution < -0.4 is 0 Å². The van der Waals surface area contributed by atoms with E-state index in [-0.39, 0.29) is 0 Å². The Morgan fingerprint density at radius 1 is 1.75 bits per heavy atom. The van der Waals surface area contributed by atoms with Gasteiger partial charge in [0.05, 0.1) is 6.26 Å². The molecule has 0 unspecified atom stereocenters. The second-order valence-electron chi connectivity index (χ2n) is 2.19. The van der Waals surface area contributed by atoms with Crippen LogP contribution in [0.15, 0.2) is 32.2 Å². The summed E-state index contributed by atoms with van der Waals surface area (Å²) in [6.45, 7) is 1.92. The Morgan fingerprint density at radius 2 is 2.50 bits per heavy atom. The molecule has 0 bridgehead atoms. The predicted molar refractivity (Wildman–Crippen MR) is 54.0 cm³/mol. The third kappa shape index (κ3) is 2.77. The highest BCUT2D eigenvalue weighted by Crippen LogP contribution is 2.26. The minimum Gasteiger partial charge on any atom is -0.468 e. The van der Waals surface area contributed by atoms with Gasteiger partial charge in [-0.1, -0.05) is 23.2 Å². The summed E-state index contributed by atoms with van der Waals surface area (Å²) in [6.07, 6.45) is 1.66. The summed E-state index contributed by atoms with van der Waals surface area (Å²) >= 11 is 12.7. The first-order chi connectivity index (χ1) is 5.74. The van der Waals surface area contributed by atoms with Gasteiger partial charge in [-0.3, -0.25) is 0 Å². The summed E-state index contributed by atoms with van der Waals surface area (Å²) in [6, 6.07) is 1.92. The fourth-order valence-electron chi connectivity index (χ4n) is 0.701. The molecule has 0 saturated carbocycles. The maximum Gasteiger partial charge on any atom is 0.114 e. The molecule has 0 amide bonds. The van der Waals surface area contributed by atoms with E-state index in [9.17, 15) is 0 Å². The first-order valence-electron chi connectivity index (χ1n) is 3.35. The van der Waals surface area contributed by atoms with Gasteiger partial charge in [0.25, 0.3) is 0 Å².